The molecule has 1 aromatic heterocycles. The van der Waals surface area contributed by atoms with Gasteiger partial charge < -0.3 is 15.2 Å². The quantitative estimate of drug-likeness (QED) is 0.872. The lowest BCUT2D eigenvalue weighted by Crippen LogP contribution is -2.34. The number of carbonyl (C=O) groups is 2. The van der Waals surface area contributed by atoms with Gasteiger partial charge in [-0.05, 0) is 37.0 Å². The minimum Gasteiger partial charge on any atom is -0.497 e. The van der Waals surface area contributed by atoms with E-state index >= 15 is 0 Å². The molecule has 2 N–H and O–H groups in total. The van der Waals surface area contributed by atoms with Crippen LogP contribution in [0.1, 0.15) is 40.5 Å². The van der Waals surface area contributed by atoms with E-state index in [-0.39, 0.29) is 0 Å². The van der Waals surface area contributed by atoms with E-state index in [9.17, 15) is 14.7 Å². The average molecular weight is 329 g/mol. The van der Waals surface area contributed by atoms with Crippen LogP contribution in [0.2, 0.25) is 0 Å². The molecule has 1 aromatic carbocycles. The Balaban J connectivity index is 1.81. The van der Waals surface area contributed by atoms with E-state index in [1.807, 2.05) is 4.68 Å². The molecule has 7 heteroatoms. The third-order valence-corrected chi connectivity index (χ3v) is 4.20. The number of methoxy groups -OCH3 is 1. The van der Waals surface area contributed by atoms with E-state index in [1.54, 1.807) is 24.3 Å². The molecule has 1 unspecified atom stereocenters. The molecule has 0 saturated heterocycles. The summed E-state index contributed by atoms with van der Waals surface area (Å²) in [6, 6.07) is 5.47. The first kappa shape index (κ1) is 16.0. The van der Waals surface area contributed by atoms with Gasteiger partial charge >= 0.3 is 5.97 Å². The molecule has 0 spiro atoms. The number of carboxylic acids is 1. The Labute approximate surface area is 139 Å². The van der Waals surface area contributed by atoms with Gasteiger partial charge in [-0.25, -0.2) is 4.79 Å². The highest BCUT2D eigenvalue weighted by Gasteiger charge is 2.26. The van der Waals surface area contributed by atoms with Crippen molar-refractivity contribution in [1.82, 2.24) is 15.1 Å². The molecule has 7 nitrogen and oxygen atoms in total. The number of aliphatic carboxylic acids is 1. The fraction of sp³-hybridized carbons (Fsp3) is 0.353. The highest BCUT2D eigenvalue weighted by molar-refractivity contribution is 5.97. The first-order valence-corrected chi connectivity index (χ1v) is 7.82. The molecule has 2 aromatic rings. The number of fused-ring (bicyclic) bond motifs is 1. The van der Waals surface area contributed by atoms with Crippen molar-refractivity contribution in [1.29, 1.82) is 0 Å². The van der Waals surface area contributed by atoms with E-state index in [4.69, 9.17) is 4.74 Å². The molecule has 0 saturated carbocycles. The smallest absolute Gasteiger partial charge is 0.330 e. The zero-order valence-corrected chi connectivity index (χ0v) is 13.4. The molecule has 1 aliphatic heterocycles. The standard InChI is InChI=1S/C17H19N3O4/c1-24-12-7-5-11(6-8-12)15(17(22)23)19-16(21)13-10-18-20-9-3-2-4-14(13)20/h5-8,10,15H,2-4,9H2,1H3,(H,19,21)(H,22,23). The summed E-state index contributed by atoms with van der Waals surface area (Å²) in [4.78, 5) is 24.1. The molecule has 1 atom stereocenters. The highest BCUT2D eigenvalue weighted by Crippen LogP contribution is 2.21. The summed E-state index contributed by atoms with van der Waals surface area (Å²) >= 11 is 0. The molecule has 126 valence electrons. The normalized spacial score (nSPS) is 14.5. The van der Waals surface area contributed by atoms with Gasteiger partial charge in [-0.15, -0.1) is 0 Å². The third-order valence-electron chi connectivity index (χ3n) is 4.20. The van der Waals surface area contributed by atoms with Gasteiger partial charge in [-0.3, -0.25) is 9.48 Å². The molecule has 0 aliphatic carbocycles. The topological polar surface area (TPSA) is 93.5 Å². The van der Waals surface area contributed by atoms with Crippen molar-refractivity contribution in [2.45, 2.75) is 31.8 Å². The molecule has 1 amide bonds. The van der Waals surface area contributed by atoms with Gasteiger partial charge in [0.05, 0.1) is 24.6 Å². The maximum Gasteiger partial charge on any atom is 0.330 e. The molecule has 0 fully saturated rings. The fourth-order valence-electron chi connectivity index (χ4n) is 2.90. The van der Waals surface area contributed by atoms with E-state index < -0.39 is 17.9 Å². The van der Waals surface area contributed by atoms with Crippen molar-refractivity contribution in [2.24, 2.45) is 0 Å². The third kappa shape index (κ3) is 3.10. The van der Waals surface area contributed by atoms with E-state index in [2.05, 4.69) is 10.4 Å². The molecule has 0 radical (unpaired) electrons. The van der Waals surface area contributed by atoms with E-state index in [1.165, 1.54) is 13.3 Å². The lowest BCUT2D eigenvalue weighted by molar-refractivity contribution is -0.139. The molecule has 3 rings (SSSR count). The summed E-state index contributed by atoms with van der Waals surface area (Å²) in [6.07, 6.45) is 4.35. The van der Waals surface area contributed by atoms with Gasteiger partial charge in [-0.2, -0.15) is 5.10 Å². The molecular weight excluding hydrogens is 310 g/mol. The first-order chi connectivity index (χ1) is 11.6. The van der Waals surface area contributed by atoms with Crippen LogP contribution in [0.4, 0.5) is 0 Å². The van der Waals surface area contributed by atoms with Crippen LogP contribution < -0.4 is 10.1 Å². The second-order valence-corrected chi connectivity index (χ2v) is 5.70. The summed E-state index contributed by atoms with van der Waals surface area (Å²) in [7, 11) is 1.54. The van der Waals surface area contributed by atoms with Crippen LogP contribution in [0.5, 0.6) is 5.75 Å². The van der Waals surface area contributed by atoms with Gasteiger partial charge in [0.1, 0.15) is 5.75 Å². The number of hydrogen-bond donors (Lipinski definition) is 2. The van der Waals surface area contributed by atoms with Crippen LogP contribution in [-0.4, -0.2) is 33.9 Å². The average Bonchev–Trinajstić information content (AvgIpc) is 3.03. The lowest BCUT2D eigenvalue weighted by atomic mass is 10.0. The van der Waals surface area contributed by atoms with E-state index in [0.717, 1.165) is 31.5 Å². The van der Waals surface area contributed by atoms with Crippen LogP contribution in [0.3, 0.4) is 0 Å². The fourth-order valence-corrected chi connectivity index (χ4v) is 2.90. The van der Waals surface area contributed by atoms with Crippen LogP contribution >= 0.6 is 0 Å². The molecular formula is C17H19N3O4. The Kier molecular flexibility index (Phi) is 4.50. The van der Waals surface area contributed by atoms with Crippen molar-refractivity contribution in [3.05, 3.63) is 47.3 Å². The Morgan fingerprint density at radius 3 is 2.71 bits per heavy atom. The number of amides is 1. The molecule has 0 bridgehead atoms. The first-order valence-electron chi connectivity index (χ1n) is 7.82. The number of ether oxygens (including phenoxy) is 1. The number of nitrogens with one attached hydrogen (secondary N) is 1. The van der Waals surface area contributed by atoms with Crippen LogP contribution in [0, 0.1) is 0 Å². The molecule has 1 aliphatic rings. The van der Waals surface area contributed by atoms with Crippen molar-refractivity contribution >= 4 is 11.9 Å². The van der Waals surface area contributed by atoms with Gasteiger partial charge in [0.15, 0.2) is 6.04 Å². The van der Waals surface area contributed by atoms with Crippen molar-refractivity contribution in [3.63, 3.8) is 0 Å². The maximum absolute atomic E-state index is 12.5. The largest absolute Gasteiger partial charge is 0.497 e. The predicted molar refractivity (Wildman–Crippen MR) is 86.0 cm³/mol. The lowest BCUT2D eigenvalue weighted by Gasteiger charge is -2.17. The second-order valence-electron chi connectivity index (χ2n) is 5.70. The van der Waals surface area contributed by atoms with Crippen LogP contribution in [0.25, 0.3) is 0 Å². The number of nitrogens with zero attached hydrogens (tertiary/aromatic N) is 2. The number of carbonyl (C=O) groups excluding carboxylic acids is 1. The zero-order chi connectivity index (χ0) is 17.1. The summed E-state index contributed by atoms with van der Waals surface area (Å²) in [5, 5.41) is 16.3. The SMILES string of the molecule is COc1ccc(C(NC(=O)c2cnn3c2CCCC3)C(=O)O)cc1. The minimum absolute atomic E-state index is 0.415. The molecule has 24 heavy (non-hydrogen) atoms. The zero-order valence-electron chi connectivity index (χ0n) is 13.4. The Hall–Kier alpha value is -2.83. The summed E-state index contributed by atoms with van der Waals surface area (Å²) in [5.74, 6) is -0.907. The number of benzene rings is 1. The van der Waals surface area contributed by atoms with Gasteiger partial charge in [0.2, 0.25) is 0 Å². The monoisotopic (exact) mass is 329 g/mol. The molecule has 2 heterocycles. The number of rotatable bonds is 5. The number of aryl methyl sites for hydroxylation is 1. The van der Waals surface area contributed by atoms with Crippen molar-refractivity contribution < 1.29 is 19.4 Å². The van der Waals surface area contributed by atoms with Gasteiger partial charge in [0, 0.05) is 6.54 Å². The summed E-state index contributed by atoms with van der Waals surface area (Å²) in [5.41, 5.74) is 1.81. The highest BCUT2D eigenvalue weighted by atomic mass is 16.5. The van der Waals surface area contributed by atoms with Crippen LogP contribution in [-0.2, 0) is 17.8 Å². The Bertz CT molecular complexity index is 752. The van der Waals surface area contributed by atoms with E-state index in [0.29, 0.717) is 16.9 Å². The number of carboxylic acid groups (broad SMARTS) is 1. The summed E-state index contributed by atoms with van der Waals surface area (Å²) in [6.45, 7) is 0.795. The van der Waals surface area contributed by atoms with Crippen molar-refractivity contribution in [2.75, 3.05) is 7.11 Å². The predicted octanol–water partition coefficient (Wildman–Crippen LogP) is 1.78. The maximum atomic E-state index is 12.5. The van der Waals surface area contributed by atoms with Crippen molar-refractivity contribution in [3.8, 4) is 5.75 Å². The van der Waals surface area contributed by atoms with Crippen LogP contribution in [0.15, 0.2) is 30.5 Å². The summed E-state index contributed by atoms with van der Waals surface area (Å²) < 4.78 is 6.89. The minimum atomic E-state index is -1.12. The Morgan fingerprint density at radius 2 is 2.04 bits per heavy atom. The van der Waals surface area contributed by atoms with Gasteiger partial charge in [-0.1, -0.05) is 12.1 Å². The number of aromatic nitrogens is 2. The van der Waals surface area contributed by atoms with Gasteiger partial charge in [0.25, 0.3) is 5.91 Å². The Morgan fingerprint density at radius 1 is 1.29 bits per heavy atom. The number of hydrogen-bond acceptors (Lipinski definition) is 4. The second kappa shape index (κ2) is 6.74.